The Morgan fingerprint density at radius 2 is 0.755 bits per heavy atom. The van der Waals surface area contributed by atoms with Gasteiger partial charge >= 0.3 is 88.7 Å². The van der Waals surface area contributed by atoms with Gasteiger partial charge in [-0.05, 0) is 53.1 Å². The fraction of sp³-hybridized carbons (Fsp3) is 0.222. The maximum atomic E-state index is 12.1. The van der Waals surface area contributed by atoms with Crippen LogP contribution in [0.1, 0.15) is 16.7 Å². The average Bonchev–Trinajstić information content (AvgIpc) is 2.95. The second kappa shape index (κ2) is 21.3. The van der Waals surface area contributed by atoms with Crippen LogP contribution in [0.15, 0.2) is 84.3 Å². The number of aliphatic imine (C=N–C) groups is 3. The largest absolute Gasteiger partial charge is 1.00 e. The quantitative estimate of drug-likeness (QED) is 0.0738. The number of hydrogen-bond donors (Lipinski definition) is 3. The second-order valence-corrected chi connectivity index (χ2v) is 13.7. The molecule has 0 aliphatic rings. The van der Waals surface area contributed by atoms with Crippen LogP contribution < -0.4 is 104 Å². The Morgan fingerprint density at radius 1 is 0.510 bits per heavy atom. The zero-order chi connectivity index (χ0) is 34.1. The summed E-state index contributed by atoms with van der Waals surface area (Å²) in [6, 6.07) is 8.74. The van der Waals surface area contributed by atoms with Gasteiger partial charge in [0.05, 0.1) is 34.3 Å². The van der Waals surface area contributed by atoms with Crippen molar-refractivity contribution >= 4 is 49.0 Å². The molecule has 0 unspecified atom stereocenters. The van der Waals surface area contributed by atoms with Crippen molar-refractivity contribution in [3.63, 3.8) is 0 Å². The van der Waals surface area contributed by atoms with Gasteiger partial charge in [-0.15, -0.1) is 0 Å². The summed E-state index contributed by atoms with van der Waals surface area (Å²) in [6.45, 7) is 1.07. The van der Waals surface area contributed by atoms with Gasteiger partial charge in [-0.2, -0.15) is 25.3 Å². The molecule has 16 nitrogen and oxygen atoms in total. The minimum atomic E-state index is -4.54. The molecule has 0 spiro atoms. The molecule has 0 fully saturated rings. The molecule has 49 heavy (non-hydrogen) atoms. The van der Waals surface area contributed by atoms with Gasteiger partial charge in [0, 0.05) is 38.3 Å². The Kier molecular flexibility index (Phi) is 20.8. The van der Waals surface area contributed by atoms with Gasteiger partial charge in [0.15, 0.2) is 0 Å². The summed E-state index contributed by atoms with van der Waals surface area (Å²) < 4.78 is 95.9. The van der Waals surface area contributed by atoms with Crippen molar-refractivity contribution in [2.45, 2.75) is 14.7 Å². The summed E-state index contributed by atoms with van der Waals surface area (Å²) >= 11 is 0. The summed E-state index contributed by atoms with van der Waals surface area (Å²) in [5.41, 5.74) is -0.217. The SMILES string of the molecule is O=S(=O)(O)c1ccc([O-])c(C=NCCN(CCN=Cc2cc(S(=O)(=O)O)ccc2[O-])CCN=Cc2cc(S(=O)(=O)O)ccc2[O-])c1.[Na+].[Na+].[Na+]. The van der Waals surface area contributed by atoms with Crippen LogP contribution in [0.2, 0.25) is 0 Å². The molecule has 248 valence electrons. The van der Waals surface area contributed by atoms with E-state index in [9.17, 15) is 54.2 Å². The molecule has 0 atom stereocenters. The summed E-state index contributed by atoms with van der Waals surface area (Å²) in [5.74, 6) is -1.57. The van der Waals surface area contributed by atoms with E-state index in [1.165, 1.54) is 0 Å². The van der Waals surface area contributed by atoms with E-state index in [1.807, 2.05) is 0 Å². The summed E-state index contributed by atoms with van der Waals surface area (Å²) in [4.78, 5) is 12.8. The molecule has 0 aliphatic carbocycles. The third-order valence-corrected chi connectivity index (χ3v) is 8.71. The number of hydrogen-bond acceptors (Lipinski definition) is 13. The van der Waals surface area contributed by atoms with E-state index in [1.54, 1.807) is 4.90 Å². The molecule has 0 aliphatic heterocycles. The molecule has 3 aromatic carbocycles. The first kappa shape index (κ1) is 47.8. The van der Waals surface area contributed by atoms with Crippen LogP contribution in [0.5, 0.6) is 17.2 Å². The summed E-state index contributed by atoms with van der Waals surface area (Å²) in [7, 11) is -13.6. The molecule has 0 aromatic heterocycles. The third kappa shape index (κ3) is 15.9. The maximum Gasteiger partial charge on any atom is 1.00 e. The van der Waals surface area contributed by atoms with Gasteiger partial charge in [-0.3, -0.25) is 33.5 Å². The van der Waals surface area contributed by atoms with E-state index in [0.717, 1.165) is 73.2 Å². The van der Waals surface area contributed by atoms with Gasteiger partial charge in [-0.25, -0.2) is 0 Å². The van der Waals surface area contributed by atoms with E-state index in [2.05, 4.69) is 15.0 Å². The fourth-order valence-electron chi connectivity index (χ4n) is 3.79. The Bertz CT molecular complexity index is 1770. The Hall–Kier alpha value is -1.24. The molecule has 0 saturated heterocycles. The summed E-state index contributed by atoms with van der Waals surface area (Å²) in [6.07, 6.45) is 3.46. The van der Waals surface area contributed by atoms with E-state index in [0.29, 0.717) is 0 Å². The smallest absolute Gasteiger partial charge is 0.872 e. The molecule has 22 heteroatoms. The van der Waals surface area contributed by atoms with E-state index < -0.39 is 62.3 Å². The Labute approximate surface area is 350 Å². The van der Waals surface area contributed by atoms with Gasteiger partial charge in [0.1, 0.15) is 0 Å². The topological polar surface area (TPSA) is 273 Å². The van der Waals surface area contributed by atoms with Crippen molar-refractivity contribution in [2.75, 3.05) is 39.3 Å². The van der Waals surface area contributed by atoms with Crippen molar-refractivity contribution in [3.05, 3.63) is 71.3 Å². The first-order valence-electron chi connectivity index (χ1n) is 13.0. The second-order valence-electron chi connectivity index (χ2n) is 9.47. The molecule has 3 N–H and O–H groups in total. The predicted molar refractivity (Wildman–Crippen MR) is 161 cm³/mol. The standard InChI is InChI=1S/C27H30N4O12S3.3Na/c32-25-4-1-22(44(35,36)37)13-19(25)16-28-7-10-31(11-8-29-17-20-14-23(45(38,39)40)2-5-26(20)33)12-9-30-18-21-15-24(46(41,42)43)3-6-27(21)34;;;/h1-6,13-18,32-34H,7-12H2,(H,35,36,37)(H,38,39,40)(H,41,42,43);;;/q;3*+1/p-3. The van der Waals surface area contributed by atoms with Crippen molar-refractivity contribution in [1.29, 1.82) is 0 Å². The first-order chi connectivity index (χ1) is 21.4. The van der Waals surface area contributed by atoms with Crippen LogP contribution in [0.3, 0.4) is 0 Å². The van der Waals surface area contributed by atoms with Crippen molar-refractivity contribution in [3.8, 4) is 17.2 Å². The van der Waals surface area contributed by atoms with Crippen LogP contribution in [0.25, 0.3) is 0 Å². The molecule has 0 heterocycles. The van der Waals surface area contributed by atoms with E-state index in [4.69, 9.17) is 0 Å². The van der Waals surface area contributed by atoms with Gasteiger partial charge < -0.3 is 15.3 Å². The maximum absolute atomic E-state index is 12.1. The van der Waals surface area contributed by atoms with Crippen LogP contribution in [0.4, 0.5) is 0 Å². The minimum Gasteiger partial charge on any atom is -0.872 e. The Balaban J connectivity index is 0.00000768. The molecular formula is C27H27N4Na3O12S3. The molecule has 3 aromatic rings. The van der Waals surface area contributed by atoms with Gasteiger partial charge in [-0.1, -0.05) is 35.4 Å². The molecule has 3 rings (SSSR count). The van der Waals surface area contributed by atoms with Crippen LogP contribution >= 0.6 is 0 Å². The van der Waals surface area contributed by atoms with E-state index in [-0.39, 0.29) is 145 Å². The van der Waals surface area contributed by atoms with Crippen LogP contribution in [-0.4, -0.2) is 102 Å². The summed E-state index contributed by atoms with van der Waals surface area (Å²) in [5, 5.41) is 36.2. The zero-order valence-corrected chi connectivity index (χ0v) is 35.1. The van der Waals surface area contributed by atoms with Crippen LogP contribution in [-0.2, 0) is 30.4 Å². The molecule has 0 bridgehead atoms. The average molecular weight is 765 g/mol. The Morgan fingerprint density at radius 3 is 0.980 bits per heavy atom. The first-order valence-corrected chi connectivity index (χ1v) is 17.3. The van der Waals surface area contributed by atoms with Crippen molar-refractivity contribution in [1.82, 2.24) is 4.90 Å². The molecular weight excluding hydrogens is 737 g/mol. The van der Waals surface area contributed by atoms with Crippen molar-refractivity contribution in [2.24, 2.45) is 15.0 Å². The minimum absolute atomic E-state index is 0. The van der Waals surface area contributed by atoms with Crippen molar-refractivity contribution < 1.29 is 143 Å². The normalized spacial score (nSPS) is 12.2. The third-order valence-electron chi connectivity index (χ3n) is 6.16. The molecule has 0 radical (unpaired) electrons. The number of benzene rings is 3. The predicted octanol–water partition coefficient (Wildman–Crippen LogP) is -9.38. The van der Waals surface area contributed by atoms with Gasteiger partial charge in [0.25, 0.3) is 30.4 Å². The molecule has 0 saturated carbocycles. The molecule has 0 amide bonds. The van der Waals surface area contributed by atoms with Gasteiger partial charge in [0.2, 0.25) is 0 Å². The number of nitrogens with zero attached hydrogens (tertiary/aromatic N) is 4. The van der Waals surface area contributed by atoms with E-state index >= 15 is 0 Å². The fourth-order valence-corrected chi connectivity index (χ4v) is 5.33. The zero-order valence-electron chi connectivity index (χ0n) is 26.7. The van der Waals surface area contributed by atoms with Crippen LogP contribution in [0, 0.1) is 0 Å². The number of rotatable bonds is 15. The monoisotopic (exact) mass is 764 g/mol.